The van der Waals surface area contributed by atoms with Gasteiger partial charge < -0.3 is 9.64 Å². The zero-order valence-electron chi connectivity index (χ0n) is 9.00. The van der Waals surface area contributed by atoms with E-state index in [0.717, 1.165) is 12.0 Å². The van der Waals surface area contributed by atoms with Crippen LogP contribution in [0, 0.1) is 5.41 Å². The first kappa shape index (κ1) is 9.17. The van der Waals surface area contributed by atoms with Gasteiger partial charge in [0.2, 0.25) is 0 Å². The maximum absolute atomic E-state index is 5.25. The van der Waals surface area contributed by atoms with Crippen LogP contribution in [0.5, 0.6) is 0 Å². The van der Waals surface area contributed by atoms with Gasteiger partial charge in [-0.05, 0) is 50.6 Å². The van der Waals surface area contributed by atoms with Crippen LogP contribution in [0.25, 0.3) is 0 Å². The molecule has 3 aliphatic rings. The van der Waals surface area contributed by atoms with Crippen LogP contribution >= 0.6 is 0 Å². The Kier molecular flexibility index (Phi) is 2.29. The fourth-order valence-electron chi connectivity index (χ4n) is 2.99. The molecule has 2 nitrogen and oxygen atoms in total. The second-order valence-corrected chi connectivity index (χ2v) is 5.44. The Morgan fingerprint density at radius 3 is 2.36 bits per heavy atom. The molecule has 1 spiro atoms. The SMILES string of the molecule is C1CC2(C1)CCN(CCC1CO1)CC2. The average Bonchev–Trinajstić information content (AvgIpc) is 2.97. The topological polar surface area (TPSA) is 15.8 Å². The molecule has 3 rings (SSSR count). The van der Waals surface area contributed by atoms with Gasteiger partial charge in [-0.1, -0.05) is 6.42 Å². The lowest BCUT2D eigenvalue weighted by Crippen LogP contribution is -2.43. The van der Waals surface area contributed by atoms with E-state index in [1.165, 1.54) is 58.2 Å². The summed E-state index contributed by atoms with van der Waals surface area (Å²) in [6, 6.07) is 0. The predicted molar refractivity (Wildman–Crippen MR) is 56.3 cm³/mol. The van der Waals surface area contributed by atoms with Crippen molar-refractivity contribution in [2.45, 2.75) is 44.6 Å². The van der Waals surface area contributed by atoms with E-state index in [1.807, 2.05) is 0 Å². The van der Waals surface area contributed by atoms with Gasteiger partial charge >= 0.3 is 0 Å². The van der Waals surface area contributed by atoms with Crippen molar-refractivity contribution in [2.75, 3.05) is 26.2 Å². The molecule has 3 fully saturated rings. The fourth-order valence-corrected chi connectivity index (χ4v) is 2.99. The van der Waals surface area contributed by atoms with Gasteiger partial charge in [-0.25, -0.2) is 0 Å². The summed E-state index contributed by atoms with van der Waals surface area (Å²) >= 11 is 0. The lowest BCUT2D eigenvalue weighted by molar-refractivity contribution is 0.0325. The molecule has 1 saturated carbocycles. The van der Waals surface area contributed by atoms with Crippen molar-refractivity contribution in [3.05, 3.63) is 0 Å². The van der Waals surface area contributed by atoms with Crippen molar-refractivity contribution in [2.24, 2.45) is 5.41 Å². The van der Waals surface area contributed by atoms with E-state index >= 15 is 0 Å². The molecule has 0 aromatic carbocycles. The minimum Gasteiger partial charge on any atom is -0.373 e. The van der Waals surface area contributed by atoms with Gasteiger partial charge in [0.15, 0.2) is 0 Å². The molecule has 80 valence electrons. The Bertz CT molecular complexity index is 198. The number of nitrogens with zero attached hydrogens (tertiary/aromatic N) is 1. The van der Waals surface area contributed by atoms with Gasteiger partial charge in [-0.15, -0.1) is 0 Å². The molecule has 0 aromatic heterocycles. The summed E-state index contributed by atoms with van der Waals surface area (Å²) in [5, 5.41) is 0. The van der Waals surface area contributed by atoms with Crippen molar-refractivity contribution in [1.29, 1.82) is 0 Å². The molecule has 1 unspecified atom stereocenters. The number of hydrogen-bond donors (Lipinski definition) is 0. The zero-order chi connectivity index (χ0) is 9.43. The highest BCUT2D eigenvalue weighted by Gasteiger charge is 2.39. The normalized spacial score (nSPS) is 35.6. The van der Waals surface area contributed by atoms with Crippen LogP contribution in [0.2, 0.25) is 0 Å². The van der Waals surface area contributed by atoms with Gasteiger partial charge in [0.25, 0.3) is 0 Å². The van der Waals surface area contributed by atoms with Crippen molar-refractivity contribution in [1.82, 2.24) is 4.90 Å². The monoisotopic (exact) mass is 195 g/mol. The van der Waals surface area contributed by atoms with E-state index in [0.29, 0.717) is 6.10 Å². The summed E-state index contributed by atoms with van der Waals surface area (Å²) in [6.07, 6.45) is 9.37. The highest BCUT2D eigenvalue weighted by atomic mass is 16.6. The largest absolute Gasteiger partial charge is 0.373 e. The summed E-state index contributed by atoms with van der Waals surface area (Å²) < 4.78 is 5.25. The van der Waals surface area contributed by atoms with Crippen LogP contribution in [0.3, 0.4) is 0 Å². The first-order valence-corrected chi connectivity index (χ1v) is 6.20. The molecule has 14 heavy (non-hydrogen) atoms. The van der Waals surface area contributed by atoms with Gasteiger partial charge in [-0.3, -0.25) is 0 Å². The van der Waals surface area contributed by atoms with Gasteiger partial charge in [-0.2, -0.15) is 0 Å². The van der Waals surface area contributed by atoms with Crippen LogP contribution in [0.4, 0.5) is 0 Å². The molecular formula is C12H21NO. The molecule has 0 aromatic rings. The minimum absolute atomic E-state index is 0.620. The molecule has 2 saturated heterocycles. The summed E-state index contributed by atoms with van der Waals surface area (Å²) in [5.74, 6) is 0. The number of piperidine rings is 1. The van der Waals surface area contributed by atoms with Crippen molar-refractivity contribution in [3.63, 3.8) is 0 Å². The quantitative estimate of drug-likeness (QED) is 0.640. The summed E-state index contributed by atoms with van der Waals surface area (Å²) in [7, 11) is 0. The molecule has 0 N–H and O–H groups in total. The lowest BCUT2D eigenvalue weighted by Gasteiger charge is -2.48. The van der Waals surface area contributed by atoms with E-state index in [9.17, 15) is 0 Å². The predicted octanol–water partition coefficient (Wildman–Crippen LogP) is 2.04. The third-order valence-electron chi connectivity index (χ3n) is 4.50. The van der Waals surface area contributed by atoms with E-state index in [-0.39, 0.29) is 0 Å². The Balaban J connectivity index is 1.40. The molecule has 2 heterocycles. The Hall–Kier alpha value is -0.0800. The zero-order valence-corrected chi connectivity index (χ0v) is 9.00. The highest BCUT2D eigenvalue weighted by molar-refractivity contribution is 4.92. The van der Waals surface area contributed by atoms with E-state index in [4.69, 9.17) is 4.74 Å². The molecule has 0 radical (unpaired) electrons. The standard InChI is InChI=1S/C12H21NO/c1-3-12(4-1)5-8-13(9-6-12)7-2-11-10-14-11/h11H,1-10H2. The summed E-state index contributed by atoms with van der Waals surface area (Å²) in [6.45, 7) is 5.01. The van der Waals surface area contributed by atoms with Crippen molar-refractivity contribution < 1.29 is 4.74 Å². The highest BCUT2D eigenvalue weighted by Crippen LogP contribution is 2.48. The minimum atomic E-state index is 0.620. The second-order valence-electron chi connectivity index (χ2n) is 5.44. The van der Waals surface area contributed by atoms with Gasteiger partial charge in [0, 0.05) is 6.54 Å². The van der Waals surface area contributed by atoms with Crippen LogP contribution < -0.4 is 0 Å². The molecular weight excluding hydrogens is 174 g/mol. The summed E-state index contributed by atoms with van der Waals surface area (Å²) in [5.41, 5.74) is 0.812. The number of likely N-dealkylation sites (tertiary alicyclic amines) is 1. The molecule has 2 aliphatic heterocycles. The molecule has 0 bridgehead atoms. The van der Waals surface area contributed by atoms with Crippen LogP contribution in [0.1, 0.15) is 38.5 Å². The smallest absolute Gasteiger partial charge is 0.0822 e. The third-order valence-corrected chi connectivity index (χ3v) is 4.50. The number of ether oxygens (including phenoxy) is 1. The second kappa shape index (κ2) is 3.49. The Labute approximate surface area is 86.6 Å². The lowest BCUT2D eigenvalue weighted by atomic mass is 9.63. The molecule has 1 aliphatic carbocycles. The van der Waals surface area contributed by atoms with Crippen LogP contribution in [-0.4, -0.2) is 37.2 Å². The third kappa shape index (κ3) is 1.82. The van der Waals surface area contributed by atoms with E-state index in [2.05, 4.69) is 4.90 Å². The van der Waals surface area contributed by atoms with Crippen LogP contribution in [-0.2, 0) is 4.74 Å². The maximum Gasteiger partial charge on any atom is 0.0822 e. The number of epoxide rings is 1. The van der Waals surface area contributed by atoms with Crippen molar-refractivity contribution in [3.8, 4) is 0 Å². The average molecular weight is 195 g/mol. The maximum atomic E-state index is 5.25. The number of hydrogen-bond acceptors (Lipinski definition) is 2. The van der Waals surface area contributed by atoms with Gasteiger partial charge in [0.05, 0.1) is 12.7 Å². The first-order chi connectivity index (χ1) is 6.86. The van der Waals surface area contributed by atoms with Crippen LogP contribution in [0.15, 0.2) is 0 Å². The van der Waals surface area contributed by atoms with Crippen molar-refractivity contribution >= 4 is 0 Å². The van der Waals surface area contributed by atoms with E-state index < -0.39 is 0 Å². The van der Waals surface area contributed by atoms with E-state index in [1.54, 1.807) is 0 Å². The molecule has 2 heteroatoms. The fraction of sp³-hybridized carbons (Fsp3) is 1.00. The number of rotatable bonds is 3. The Morgan fingerprint density at radius 1 is 1.14 bits per heavy atom. The molecule has 0 amide bonds. The molecule has 1 atom stereocenters. The first-order valence-electron chi connectivity index (χ1n) is 6.20. The Morgan fingerprint density at radius 2 is 1.86 bits per heavy atom. The van der Waals surface area contributed by atoms with Gasteiger partial charge in [0.1, 0.15) is 0 Å². The summed E-state index contributed by atoms with van der Waals surface area (Å²) in [4.78, 5) is 2.64.